The van der Waals surface area contributed by atoms with Crippen LogP contribution >= 0.6 is 0 Å². The summed E-state index contributed by atoms with van der Waals surface area (Å²) in [5, 5.41) is 3.33. The predicted molar refractivity (Wildman–Crippen MR) is 63.9 cm³/mol. The standard InChI is InChI=1S/C12H21N3/c1-5-9(2)8-11(4)15-12-13-7-6-10(3)14-12/h6-7,9,11H,5,8H2,1-4H3,(H,13,14,15). The molecular weight excluding hydrogens is 186 g/mol. The molecule has 2 unspecified atom stereocenters. The van der Waals surface area contributed by atoms with Gasteiger partial charge >= 0.3 is 0 Å². The van der Waals surface area contributed by atoms with E-state index < -0.39 is 0 Å². The predicted octanol–water partition coefficient (Wildman–Crippen LogP) is 3.02. The third kappa shape index (κ3) is 4.28. The lowest BCUT2D eigenvalue weighted by molar-refractivity contribution is 0.482. The topological polar surface area (TPSA) is 37.8 Å². The number of rotatable bonds is 5. The Labute approximate surface area is 92.3 Å². The number of hydrogen-bond acceptors (Lipinski definition) is 3. The van der Waals surface area contributed by atoms with Crippen molar-refractivity contribution in [1.29, 1.82) is 0 Å². The van der Waals surface area contributed by atoms with Gasteiger partial charge in [0.25, 0.3) is 0 Å². The van der Waals surface area contributed by atoms with E-state index in [-0.39, 0.29) is 0 Å². The molecule has 0 aliphatic heterocycles. The molecule has 0 spiro atoms. The molecule has 1 aromatic heterocycles. The molecule has 0 saturated carbocycles. The average Bonchev–Trinajstić information content (AvgIpc) is 2.17. The van der Waals surface area contributed by atoms with E-state index in [1.807, 2.05) is 13.0 Å². The first-order valence-electron chi connectivity index (χ1n) is 5.68. The molecule has 0 fully saturated rings. The highest BCUT2D eigenvalue weighted by atomic mass is 15.1. The van der Waals surface area contributed by atoms with E-state index in [0.29, 0.717) is 6.04 Å². The molecule has 15 heavy (non-hydrogen) atoms. The number of aryl methyl sites for hydroxylation is 1. The molecule has 0 aliphatic carbocycles. The molecule has 0 aliphatic rings. The van der Waals surface area contributed by atoms with Crippen molar-refractivity contribution in [2.24, 2.45) is 5.92 Å². The van der Waals surface area contributed by atoms with E-state index in [0.717, 1.165) is 24.0 Å². The third-order valence-electron chi connectivity index (χ3n) is 2.62. The molecule has 2 atom stereocenters. The number of anilines is 1. The van der Waals surface area contributed by atoms with E-state index in [1.165, 1.54) is 6.42 Å². The van der Waals surface area contributed by atoms with Crippen LogP contribution in [0.25, 0.3) is 0 Å². The summed E-state index contributed by atoms with van der Waals surface area (Å²) in [4.78, 5) is 8.51. The van der Waals surface area contributed by atoms with E-state index in [9.17, 15) is 0 Å². The summed E-state index contributed by atoms with van der Waals surface area (Å²) < 4.78 is 0. The zero-order valence-corrected chi connectivity index (χ0v) is 10.1. The normalized spacial score (nSPS) is 14.7. The first-order valence-corrected chi connectivity index (χ1v) is 5.68. The number of nitrogens with zero attached hydrogens (tertiary/aromatic N) is 2. The summed E-state index contributed by atoms with van der Waals surface area (Å²) in [6.07, 6.45) is 4.18. The van der Waals surface area contributed by atoms with Crippen molar-refractivity contribution in [2.75, 3.05) is 5.32 Å². The van der Waals surface area contributed by atoms with Gasteiger partial charge in [0, 0.05) is 17.9 Å². The van der Waals surface area contributed by atoms with Gasteiger partial charge in [-0.05, 0) is 32.3 Å². The third-order valence-corrected chi connectivity index (χ3v) is 2.62. The molecule has 0 bridgehead atoms. The number of nitrogens with one attached hydrogen (secondary N) is 1. The molecule has 0 saturated heterocycles. The second-order valence-corrected chi connectivity index (χ2v) is 4.32. The van der Waals surface area contributed by atoms with Crippen LogP contribution in [-0.2, 0) is 0 Å². The van der Waals surface area contributed by atoms with Gasteiger partial charge in [0.1, 0.15) is 0 Å². The lowest BCUT2D eigenvalue weighted by Crippen LogP contribution is -2.19. The smallest absolute Gasteiger partial charge is 0.223 e. The molecule has 1 N–H and O–H groups in total. The summed E-state index contributed by atoms with van der Waals surface area (Å²) in [7, 11) is 0. The Morgan fingerprint density at radius 3 is 2.73 bits per heavy atom. The highest BCUT2D eigenvalue weighted by Crippen LogP contribution is 2.12. The van der Waals surface area contributed by atoms with Gasteiger partial charge in [0.2, 0.25) is 5.95 Å². The monoisotopic (exact) mass is 207 g/mol. The first kappa shape index (κ1) is 12.0. The van der Waals surface area contributed by atoms with Gasteiger partial charge in [0.15, 0.2) is 0 Å². The number of aromatic nitrogens is 2. The van der Waals surface area contributed by atoms with Crippen LogP contribution in [-0.4, -0.2) is 16.0 Å². The van der Waals surface area contributed by atoms with Crippen LogP contribution in [0.15, 0.2) is 12.3 Å². The summed E-state index contributed by atoms with van der Waals surface area (Å²) >= 11 is 0. The van der Waals surface area contributed by atoms with Gasteiger partial charge in [-0.1, -0.05) is 20.3 Å². The van der Waals surface area contributed by atoms with Gasteiger partial charge < -0.3 is 5.32 Å². The van der Waals surface area contributed by atoms with Crippen molar-refractivity contribution < 1.29 is 0 Å². The van der Waals surface area contributed by atoms with E-state index in [2.05, 4.69) is 36.1 Å². The van der Waals surface area contributed by atoms with Crippen LogP contribution < -0.4 is 5.32 Å². The molecule has 1 heterocycles. The molecular formula is C12H21N3. The fourth-order valence-corrected chi connectivity index (χ4v) is 1.57. The van der Waals surface area contributed by atoms with Gasteiger partial charge in [0.05, 0.1) is 0 Å². The minimum atomic E-state index is 0.432. The Morgan fingerprint density at radius 1 is 1.40 bits per heavy atom. The van der Waals surface area contributed by atoms with Crippen LogP contribution in [0.1, 0.15) is 39.3 Å². The van der Waals surface area contributed by atoms with Crippen LogP contribution in [0.2, 0.25) is 0 Å². The molecule has 84 valence electrons. The summed E-state index contributed by atoms with van der Waals surface area (Å²) in [5.74, 6) is 1.49. The molecule has 1 aromatic rings. The summed E-state index contributed by atoms with van der Waals surface area (Å²) in [5.41, 5.74) is 1.00. The average molecular weight is 207 g/mol. The Morgan fingerprint density at radius 2 is 2.13 bits per heavy atom. The minimum Gasteiger partial charge on any atom is -0.352 e. The molecule has 1 rings (SSSR count). The fourth-order valence-electron chi connectivity index (χ4n) is 1.57. The maximum atomic E-state index is 4.32. The SMILES string of the molecule is CCC(C)CC(C)Nc1nccc(C)n1. The van der Waals surface area contributed by atoms with Crippen molar-refractivity contribution in [2.45, 2.75) is 46.6 Å². The van der Waals surface area contributed by atoms with E-state index in [1.54, 1.807) is 6.20 Å². The van der Waals surface area contributed by atoms with E-state index >= 15 is 0 Å². The second kappa shape index (κ2) is 5.69. The highest BCUT2D eigenvalue weighted by Gasteiger charge is 2.07. The molecule has 0 aromatic carbocycles. The van der Waals surface area contributed by atoms with Crippen molar-refractivity contribution >= 4 is 5.95 Å². The van der Waals surface area contributed by atoms with Gasteiger partial charge in [-0.3, -0.25) is 0 Å². The Bertz CT molecular complexity index is 299. The van der Waals surface area contributed by atoms with Crippen LogP contribution in [0, 0.1) is 12.8 Å². The number of hydrogen-bond donors (Lipinski definition) is 1. The lowest BCUT2D eigenvalue weighted by atomic mass is 10.0. The first-order chi connectivity index (χ1) is 7.11. The summed E-state index contributed by atoms with van der Waals surface area (Å²) in [6, 6.07) is 2.34. The molecule has 3 nitrogen and oxygen atoms in total. The maximum absolute atomic E-state index is 4.32. The molecule has 3 heteroatoms. The molecule has 0 radical (unpaired) electrons. The van der Waals surface area contributed by atoms with Gasteiger partial charge in [-0.25, -0.2) is 9.97 Å². The van der Waals surface area contributed by atoms with Crippen LogP contribution in [0.4, 0.5) is 5.95 Å². The summed E-state index contributed by atoms with van der Waals surface area (Å²) in [6.45, 7) is 8.65. The van der Waals surface area contributed by atoms with Crippen molar-refractivity contribution in [1.82, 2.24) is 9.97 Å². The lowest BCUT2D eigenvalue weighted by Gasteiger charge is -2.17. The maximum Gasteiger partial charge on any atom is 0.223 e. The van der Waals surface area contributed by atoms with Gasteiger partial charge in [-0.15, -0.1) is 0 Å². The van der Waals surface area contributed by atoms with Crippen LogP contribution in [0.5, 0.6) is 0 Å². The largest absolute Gasteiger partial charge is 0.352 e. The Balaban J connectivity index is 2.47. The zero-order chi connectivity index (χ0) is 11.3. The Hall–Kier alpha value is -1.12. The second-order valence-electron chi connectivity index (χ2n) is 4.32. The minimum absolute atomic E-state index is 0.432. The molecule has 0 amide bonds. The fraction of sp³-hybridized carbons (Fsp3) is 0.667. The quantitative estimate of drug-likeness (QED) is 0.806. The van der Waals surface area contributed by atoms with Crippen molar-refractivity contribution in [3.63, 3.8) is 0 Å². The van der Waals surface area contributed by atoms with Crippen molar-refractivity contribution in [3.8, 4) is 0 Å². The zero-order valence-electron chi connectivity index (χ0n) is 10.1. The van der Waals surface area contributed by atoms with Crippen molar-refractivity contribution in [3.05, 3.63) is 18.0 Å². The van der Waals surface area contributed by atoms with Gasteiger partial charge in [-0.2, -0.15) is 0 Å². The van der Waals surface area contributed by atoms with Crippen LogP contribution in [0.3, 0.4) is 0 Å². The van der Waals surface area contributed by atoms with E-state index in [4.69, 9.17) is 0 Å². The Kier molecular flexibility index (Phi) is 4.53. The highest BCUT2D eigenvalue weighted by molar-refractivity contribution is 5.25.